The van der Waals surface area contributed by atoms with E-state index in [4.69, 9.17) is 16.3 Å². The van der Waals surface area contributed by atoms with Crippen LogP contribution >= 0.6 is 11.6 Å². The Balaban J connectivity index is 1.73. The highest BCUT2D eigenvalue weighted by molar-refractivity contribution is 6.32. The summed E-state index contributed by atoms with van der Waals surface area (Å²) in [5.41, 5.74) is 3.92. The van der Waals surface area contributed by atoms with Gasteiger partial charge in [-0.25, -0.2) is 0 Å². The maximum atomic E-state index is 13.2. The summed E-state index contributed by atoms with van der Waals surface area (Å²) in [5.74, 6) is 0.247. The minimum absolute atomic E-state index is 0.115. The fraction of sp³-hybridized carbons (Fsp3) is 0.462. The lowest BCUT2D eigenvalue weighted by Gasteiger charge is -2.29. The van der Waals surface area contributed by atoms with Crippen molar-refractivity contribution in [2.45, 2.75) is 72.0 Å². The van der Waals surface area contributed by atoms with Crippen LogP contribution in [0.5, 0.6) is 5.75 Å². The van der Waals surface area contributed by atoms with Crippen LogP contribution < -0.4 is 10.1 Å². The number of hydrogen-bond donors (Lipinski definition) is 1. The van der Waals surface area contributed by atoms with Crippen molar-refractivity contribution in [3.05, 3.63) is 63.7 Å². The van der Waals surface area contributed by atoms with E-state index in [-0.39, 0.29) is 24.5 Å². The first-order chi connectivity index (χ1) is 15.2. The fourth-order valence-electron chi connectivity index (χ4n) is 4.08. The van der Waals surface area contributed by atoms with Gasteiger partial charge in [0.15, 0.2) is 6.61 Å². The number of aryl methyl sites for hydroxylation is 3. The Morgan fingerprint density at radius 2 is 1.69 bits per heavy atom. The molecule has 1 N–H and O–H groups in total. The Hall–Kier alpha value is -2.53. The van der Waals surface area contributed by atoms with Crippen LogP contribution in [0, 0.1) is 20.8 Å². The molecule has 2 aromatic carbocycles. The van der Waals surface area contributed by atoms with Crippen molar-refractivity contribution in [2.24, 2.45) is 0 Å². The van der Waals surface area contributed by atoms with Gasteiger partial charge in [0.2, 0.25) is 5.91 Å². The van der Waals surface area contributed by atoms with Crippen LogP contribution in [0.2, 0.25) is 5.02 Å². The highest BCUT2D eigenvalue weighted by Crippen LogP contribution is 2.26. The molecular formula is C26H33ClN2O3. The number of carbonyl (C=O) groups is 2. The van der Waals surface area contributed by atoms with Gasteiger partial charge in [-0.1, -0.05) is 54.3 Å². The van der Waals surface area contributed by atoms with Crippen LogP contribution in [0.3, 0.4) is 0 Å². The zero-order valence-corrected chi connectivity index (χ0v) is 20.2. The molecule has 1 fully saturated rings. The lowest BCUT2D eigenvalue weighted by atomic mass is 10.1. The van der Waals surface area contributed by atoms with Crippen molar-refractivity contribution in [3.8, 4) is 5.75 Å². The summed E-state index contributed by atoms with van der Waals surface area (Å²) in [4.78, 5) is 27.7. The zero-order valence-electron chi connectivity index (χ0n) is 19.4. The number of ether oxygens (including phenoxy) is 1. The Kier molecular flexibility index (Phi) is 8.19. The molecule has 0 radical (unpaired) electrons. The molecule has 6 heteroatoms. The number of halogens is 1. The summed E-state index contributed by atoms with van der Waals surface area (Å²) in [6.07, 6.45) is 4.28. The third kappa shape index (κ3) is 6.26. The highest BCUT2D eigenvalue weighted by atomic mass is 35.5. The first-order valence-electron chi connectivity index (χ1n) is 11.3. The Bertz CT molecular complexity index is 929. The number of amides is 2. The quantitative estimate of drug-likeness (QED) is 0.599. The molecule has 172 valence electrons. The van der Waals surface area contributed by atoms with Crippen molar-refractivity contribution in [1.82, 2.24) is 10.2 Å². The number of nitrogens with one attached hydrogen (secondary N) is 1. The second-order valence-electron chi connectivity index (χ2n) is 8.83. The number of nitrogens with zero attached hydrogens (tertiary/aromatic N) is 1. The van der Waals surface area contributed by atoms with Crippen molar-refractivity contribution < 1.29 is 14.3 Å². The molecule has 0 heterocycles. The van der Waals surface area contributed by atoms with Gasteiger partial charge >= 0.3 is 0 Å². The number of hydrogen-bond acceptors (Lipinski definition) is 3. The maximum absolute atomic E-state index is 13.2. The Morgan fingerprint density at radius 1 is 1.09 bits per heavy atom. The predicted octanol–water partition coefficient (Wildman–Crippen LogP) is 5.12. The lowest BCUT2D eigenvalue weighted by molar-refractivity contribution is -0.142. The van der Waals surface area contributed by atoms with Gasteiger partial charge in [-0.2, -0.15) is 0 Å². The molecule has 1 aliphatic carbocycles. The van der Waals surface area contributed by atoms with Gasteiger partial charge in [-0.3, -0.25) is 9.59 Å². The van der Waals surface area contributed by atoms with E-state index in [1.807, 2.05) is 57.2 Å². The van der Waals surface area contributed by atoms with Crippen molar-refractivity contribution in [2.75, 3.05) is 6.61 Å². The zero-order chi connectivity index (χ0) is 23.3. The number of rotatable bonds is 8. The molecule has 1 aliphatic rings. The smallest absolute Gasteiger partial charge is 0.261 e. The molecule has 2 amide bonds. The molecule has 3 rings (SSSR count). The van der Waals surface area contributed by atoms with E-state index in [9.17, 15) is 9.59 Å². The molecule has 5 nitrogen and oxygen atoms in total. The summed E-state index contributed by atoms with van der Waals surface area (Å²) >= 11 is 6.24. The average molecular weight is 457 g/mol. The van der Waals surface area contributed by atoms with Crippen molar-refractivity contribution in [1.29, 1.82) is 0 Å². The summed E-state index contributed by atoms with van der Waals surface area (Å²) in [6.45, 7) is 7.82. The molecule has 32 heavy (non-hydrogen) atoms. The van der Waals surface area contributed by atoms with E-state index >= 15 is 0 Å². The second-order valence-corrected chi connectivity index (χ2v) is 9.21. The molecule has 0 spiro atoms. The van der Waals surface area contributed by atoms with E-state index in [1.54, 1.807) is 11.8 Å². The Labute approximate surface area is 196 Å². The summed E-state index contributed by atoms with van der Waals surface area (Å²) < 4.78 is 5.80. The van der Waals surface area contributed by atoms with Gasteiger partial charge in [0.1, 0.15) is 11.8 Å². The Morgan fingerprint density at radius 3 is 2.28 bits per heavy atom. The minimum atomic E-state index is -0.596. The summed E-state index contributed by atoms with van der Waals surface area (Å²) in [6, 6.07) is 11.3. The van der Waals surface area contributed by atoms with Gasteiger partial charge < -0.3 is 15.0 Å². The highest BCUT2D eigenvalue weighted by Gasteiger charge is 2.28. The molecule has 1 saturated carbocycles. The third-order valence-electron chi connectivity index (χ3n) is 6.11. The largest absolute Gasteiger partial charge is 0.484 e. The standard InChI is InChI=1S/C26H33ClN2O3/c1-17-9-11-21(12-10-17)15-29(20(4)26(31)28-22-7-5-6-8-22)24(30)16-32-23-13-18(2)25(27)19(3)14-23/h9-14,20,22H,5-8,15-16H2,1-4H3,(H,28,31)/t20-/m0/s1. The SMILES string of the molecule is Cc1ccc(CN(C(=O)COc2cc(C)c(Cl)c(C)c2)[C@@H](C)C(=O)NC2CCCC2)cc1. The molecule has 0 bridgehead atoms. The molecule has 1 atom stereocenters. The van der Waals surface area contributed by atoms with Gasteiger partial charge in [0.25, 0.3) is 5.91 Å². The molecule has 2 aromatic rings. The first kappa shape index (κ1) is 24.1. The fourth-order valence-corrected chi connectivity index (χ4v) is 4.19. The van der Waals surface area contributed by atoms with E-state index in [2.05, 4.69) is 5.32 Å². The van der Waals surface area contributed by atoms with Gasteiger partial charge in [0, 0.05) is 17.6 Å². The van der Waals surface area contributed by atoms with Crippen LogP contribution in [0.25, 0.3) is 0 Å². The van der Waals surface area contributed by atoms with E-state index < -0.39 is 6.04 Å². The number of carbonyl (C=O) groups excluding carboxylic acids is 2. The summed E-state index contributed by atoms with van der Waals surface area (Å²) in [7, 11) is 0. The van der Waals surface area contributed by atoms with Gasteiger partial charge in [0.05, 0.1) is 0 Å². The van der Waals surface area contributed by atoms with Crippen molar-refractivity contribution in [3.63, 3.8) is 0 Å². The van der Waals surface area contributed by atoms with E-state index in [0.29, 0.717) is 17.3 Å². The van der Waals surface area contributed by atoms with E-state index in [0.717, 1.165) is 47.9 Å². The molecule has 0 aliphatic heterocycles. The van der Waals surface area contributed by atoms with Crippen LogP contribution in [0.15, 0.2) is 36.4 Å². The van der Waals surface area contributed by atoms with Gasteiger partial charge in [-0.05, 0) is 69.4 Å². The minimum Gasteiger partial charge on any atom is -0.484 e. The van der Waals surface area contributed by atoms with E-state index in [1.165, 1.54) is 0 Å². The molecule has 0 unspecified atom stereocenters. The van der Waals surface area contributed by atoms with Crippen LogP contribution in [0.1, 0.15) is 54.9 Å². The maximum Gasteiger partial charge on any atom is 0.261 e. The van der Waals surface area contributed by atoms with Gasteiger partial charge in [-0.15, -0.1) is 0 Å². The first-order valence-corrected chi connectivity index (χ1v) is 11.7. The van der Waals surface area contributed by atoms with Crippen LogP contribution in [0.4, 0.5) is 0 Å². The molecular weight excluding hydrogens is 424 g/mol. The second kappa shape index (κ2) is 10.9. The number of benzene rings is 2. The molecule has 0 saturated heterocycles. The van der Waals surface area contributed by atoms with Crippen LogP contribution in [-0.2, 0) is 16.1 Å². The molecule has 0 aromatic heterocycles. The average Bonchev–Trinajstić information content (AvgIpc) is 3.27. The topological polar surface area (TPSA) is 58.6 Å². The monoisotopic (exact) mass is 456 g/mol. The summed E-state index contributed by atoms with van der Waals surface area (Å²) in [5, 5.41) is 3.81. The third-order valence-corrected chi connectivity index (χ3v) is 6.71. The lowest BCUT2D eigenvalue weighted by Crippen LogP contribution is -2.50. The van der Waals surface area contributed by atoms with Crippen LogP contribution in [-0.4, -0.2) is 35.4 Å². The normalized spacial score (nSPS) is 14.8. The van der Waals surface area contributed by atoms with Crippen molar-refractivity contribution >= 4 is 23.4 Å². The predicted molar refractivity (Wildman–Crippen MR) is 128 cm³/mol.